The van der Waals surface area contributed by atoms with Crippen molar-refractivity contribution in [2.75, 3.05) is 37.2 Å². The quantitative estimate of drug-likeness (QED) is 0.876. The van der Waals surface area contributed by atoms with Crippen molar-refractivity contribution >= 4 is 29.4 Å². The summed E-state index contributed by atoms with van der Waals surface area (Å²) in [5.41, 5.74) is 0.289. The second-order valence-electron chi connectivity index (χ2n) is 5.42. The lowest BCUT2D eigenvalue weighted by molar-refractivity contribution is -0.140. The Labute approximate surface area is 141 Å². The number of amides is 2. The van der Waals surface area contributed by atoms with Crippen molar-refractivity contribution in [1.29, 1.82) is 0 Å². The third-order valence-electron chi connectivity index (χ3n) is 3.36. The van der Waals surface area contributed by atoms with E-state index in [1.54, 1.807) is 17.0 Å². The minimum absolute atomic E-state index is 0.248. The number of carbonyl (C=O) groups is 2. The first-order valence-corrected chi connectivity index (χ1v) is 8.21. The van der Waals surface area contributed by atoms with Crippen LogP contribution >= 0.6 is 11.8 Å². The van der Waals surface area contributed by atoms with E-state index in [1.165, 1.54) is 22.9 Å². The molecule has 1 aromatic heterocycles. The molecule has 2 heterocycles. The molecule has 0 spiro atoms. The van der Waals surface area contributed by atoms with E-state index in [0.29, 0.717) is 5.82 Å². The summed E-state index contributed by atoms with van der Waals surface area (Å²) < 4.78 is 36.6. The van der Waals surface area contributed by atoms with Crippen molar-refractivity contribution in [3.05, 3.63) is 23.9 Å². The second-order valence-corrected chi connectivity index (χ2v) is 6.42. The number of pyridine rings is 1. The Kier molecular flexibility index (Phi) is 5.58. The van der Waals surface area contributed by atoms with E-state index >= 15 is 0 Å². The fourth-order valence-electron chi connectivity index (χ4n) is 2.11. The van der Waals surface area contributed by atoms with Crippen molar-refractivity contribution in [1.82, 2.24) is 15.2 Å². The lowest BCUT2D eigenvalue weighted by Gasteiger charge is -2.23. The Bertz CT molecular complexity index is 607. The van der Waals surface area contributed by atoms with Gasteiger partial charge in [0.1, 0.15) is 18.4 Å². The number of alkyl halides is 3. The molecule has 0 saturated carbocycles. The zero-order chi connectivity index (χ0) is 17.9. The Morgan fingerprint density at radius 2 is 2.12 bits per heavy atom. The zero-order valence-corrected chi connectivity index (χ0v) is 13.9. The molecule has 1 N–H and O–H groups in total. The molecule has 1 aliphatic rings. The highest BCUT2D eigenvalue weighted by molar-refractivity contribution is 7.99. The Morgan fingerprint density at radius 1 is 1.42 bits per heavy atom. The summed E-state index contributed by atoms with van der Waals surface area (Å²) in [5, 5.41) is 1.83. The predicted molar refractivity (Wildman–Crippen MR) is 84.9 cm³/mol. The molecular formula is C14H17F3N4O2S. The topological polar surface area (TPSA) is 65.5 Å². The van der Waals surface area contributed by atoms with E-state index in [1.807, 2.05) is 19.4 Å². The number of anilines is 1. The lowest BCUT2D eigenvalue weighted by Crippen LogP contribution is -2.49. The molecule has 2 rings (SSSR count). The molecule has 1 atom stereocenters. The average molecular weight is 362 g/mol. The number of carbonyl (C=O) groups excluding carboxylic acids is 2. The Hall–Kier alpha value is -1.97. The molecule has 6 nitrogen and oxygen atoms in total. The van der Waals surface area contributed by atoms with Crippen molar-refractivity contribution in [3.8, 4) is 0 Å². The van der Waals surface area contributed by atoms with E-state index in [0.717, 1.165) is 0 Å². The van der Waals surface area contributed by atoms with Gasteiger partial charge in [-0.15, -0.1) is 11.8 Å². The maximum absolute atomic E-state index is 12.5. The largest absolute Gasteiger partial charge is 0.405 e. The van der Waals surface area contributed by atoms with Gasteiger partial charge < -0.3 is 15.1 Å². The van der Waals surface area contributed by atoms with Gasteiger partial charge in [-0.3, -0.25) is 9.59 Å². The minimum Gasteiger partial charge on any atom is -0.363 e. The van der Waals surface area contributed by atoms with Crippen LogP contribution in [0.15, 0.2) is 18.3 Å². The summed E-state index contributed by atoms with van der Waals surface area (Å²) in [6, 6.07) is 2.33. The number of halogens is 3. The molecule has 1 saturated heterocycles. The van der Waals surface area contributed by atoms with Gasteiger partial charge in [0.05, 0.1) is 11.4 Å². The van der Waals surface area contributed by atoms with E-state index in [9.17, 15) is 22.8 Å². The molecule has 0 aliphatic carbocycles. The van der Waals surface area contributed by atoms with Crippen LogP contribution in [0.2, 0.25) is 0 Å². The van der Waals surface area contributed by atoms with Gasteiger partial charge >= 0.3 is 6.18 Å². The van der Waals surface area contributed by atoms with Crippen LogP contribution in [0.4, 0.5) is 19.0 Å². The van der Waals surface area contributed by atoms with E-state index in [4.69, 9.17) is 0 Å². The molecule has 0 aromatic carbocycles. The van der Waals surface area contributed by atoms with E-state index in [2.05, 4.69) is 4.98 Å². The Balaban J connectivity index is 2.06. The summed E-state index contributed by atoms with van der Waals surface area (Å²) in [7, 11) is 3.61. The highest BCUT2D eigenvalue weighted by Crippen LogP contribution is 2.24. The normalized spacial score (nSPS) is 17.7. The minimum atomic E-state index is -4.48. The van der Waals surface area contributed by atoms with Crippen molar-refractivity contribution in [2.24, 2.45) is 0 Å². The van der Waals surface area contributed by atoms with Gasteiger partial charge in [-0.25, -0.2) is 4.98 Å². The first-order chi connectivity index (χ1) is 11.2. The molecule has 2 amide bonds. The van der Waals surface area contributed by atoms with Gasteiger partial charge in [0.15, 0.2) is 0 Å². The fourth-order valence-corrected chi connectivity index (χ4v) is 3.26. The second kappa shape index (κ2) is 7.29. The van der Waals surface area contributed by atoms with Gasteiger partial charge in [-0.1, -0.05) is 0 Å². The van der Waals surface area contributed by atoms with Crippen LogP contribution in [-0.2, 0) is 4.79 Å². The highest BCUT2D eigenvalue weighted by atomic mass is 32.2. The maximum Gasteiger partial charge on any atom is 0.405 e. The number of hydrogen-bond acceptors (Lipinski definition) is 5. The molecule has 132 valence electrons. The summed E-state index contributed by atoms with van der Waals surface area (Å²) in [4.78, 5) is 31.6. The molecule has 24 heavy (non-hydrogen) atoms. The summed E-state index contributed by atoms with van der Waals surface area (Å²) in [5.74, 6) is -0.0490. The molecule has 10 heteroatoms. The molecule has 0 bridgehead atoms. The molecule has 0 unspecified atom stereocenters. The van der Waals surface area contributed by atoms with Crippen molar-refractivity contribution in [2.45, 2.75) is 12.2 Å². The van der Waals surface area contributed by atoms with Gasteiger partial charge in [-0.2, -0.15) is 13.2 Å². The summed E-state index contributed by atoms with van der Waals surface area (Å²) in [6.45, 7) is -1.41. The molecule has 1 fully saturated rings. The lowest BCUT2D eigenvalue weighted by atomic mass is 10.2. The number of nitrogens with zero attached hydrogens (tertiary/aromatic N) is 3. The Morgan fingerprint density at radius 3 is 2.67 bits per heavy atom. The van der Waals surface area contributed by atoms with E-state index < -0.39 is 30.6 Å². The molecule has 1 aliphatic heterocycles. The van der Waals surface area contributed by atoms with E-state index in [-0.39, 0.29) is 17.2 Å². The molecule has 1 aromatic rings. The van der Waals surface area contributed by atoms with Crippen molar-refractivity contribution < 1.29 is 22.8 Å². The van der Waals surface area contributed by atoms with Crippen LogP contribution < -0.4 is 10.2 Å². The van der Waals surface area contributed by atoms with Crippen LogP contribution in [0.25, 0.3) is 0 Å². The first-order valence-electron chi connectivity index (χ1n) is 7.05. The third-order valence-corrected chi connectivity index (χ3v) is 4.37. The molecular weight excluding hydrogens is 345 g/mol. The number of thioether (sulfide) groups is 1. The zero-order valence-electron chi connectivity index (χ0n) is 13.1. The molecule has 0 radical (unpaired) electrons. The first kappa shape index (κ1) is 18.4. The van der Waals surface area contributed by atoms with Gasteiger partial charge in [0.2, 0.25) is 5.91 Å². The van der Waals surface area contributed by atoms with Gasteiger partial charge in [-0.05, 0) is 12.1 Å². The number of nitrogens with one attached hydrogen (secondary N) is 1. The van der Waals surface area contributed by atoms with Crippen LogP contribution in [-0.4, -0.2) is 66.2 Å². The maximum atomic E-state index is 12.5. The summed E-state index contributed by atoms with van der Waals surface area (Å²) >= 11 is 1.32. The van der Waals surface area contributed by atoms with Crippen LogP contribution in [0.3, 0.4) is 0 Å². The highest BCUT2D eigenvalue weighted by Gasteiger charge is 2.37. The monoisotopic (exact) mass is 362 g/mol. The number of hydrogen-bond donors (Lipinski definition) is 1. The van der Waals surface area contributed by atoms with Gasteiger partial charge in [0, 0.05) is 26.0 Å². The fraction of sp³-hybridized carbons (Fsp3) is 0.500. The average Bonchev–Trinajstić information content (AvgIpc) is 3.01. The smallest absolute Gasteiger partial charge is 0.363 e. The standard InChI is InChI=1S/C14H17F3N4O2S/c1-20(2)11-4-3-9(5-18-11)13(23)21-8-24-6-10(21)12(22)19-7-14(15,16)17/h3-5,10H,6-8H2,1-2H3,(H,19,22)/t10-/m0/s1. The number of rotatable bonds is 4. The van der Waals surface area contributed by atoms with Crippen LogP contribution in [0.1, 0.15) is 10.4 Å². The number of aromatic nitrogens is 1. The predicted octanol–water partition coefficient (Wildman–Crippen LogP) is 1.34. The van der Waals surface area contributed by atoms with Gasteiger partial charge in [0.25, 0.3) is 5.91 Å². The summed E-state index contributed by atoms with van der Waals surface area (Å²) in [6.07, 6.45) is -3.09. The van der Waals surface area contributed by atoms with Crippen molar-refractivity contribution in [3.63, 3.8) is 0 Å². The van der Waals surface area contributed by atoms with Crippen LogP contribution in [0, 0.1) is 0 Å². The third kappa shape index (κ3) is 4.53. The van der Waals surface area contributed by atoms with Crippen LogP contribution in [0.5, 0.6) is 0 Å². The SMILES string of the molecule is CN(C)c1ccc(C(=O)N2CSC[C@H]2C(=O)NCC(F)(F)F)cn1.